The average Bonchev–Trinajstić information content (AvgIpc) is 2.07. The highest BCUT2D eigenvalue weighted by Crippen LogP contribution is 2.34. The molecular weight excluding hydrogens is 162 g/mol. The summed E-state index contributed by atoms with van der Waals surface area (Å²) in [7, 11) is 1.75. The fourth-order valence-corrected chi connectivity index (χ4v) is 2.02. The topological polar surface area (TPSA) is 21.3 Å². The quantitative estimate of drug-likeness (QED) is 0.613. The van der Waals surface area contributed by atoms with Gasteiger partial charge >= 0.3 is 0 Å². The Hall–Kier alpha value is -0.0800. The van der Waals surface area contributed by atoms with E-state index in [1.54, 1.807) is 7.11 Å². The van der Waals surface area contributed by atoms with Gasteiger partial charge in [0.05, 0.1) is 6.61 Å². The molecule has 0 saturated heterocycles. The normalized spacial score (nSPS) is 19.8. The van der Waals surface area contributed by atoms with Crippen molar-refractivity contribution < 1.29 is 4.74 Å². The number of rotatable bonds is 7. The molecule has 0 spiro atoms. The van der Waals surface area contributed by atoms with Gasteiger partial charge in [-0.25, -0.2) is 0 Å². The molecule has 1 saturated carbocycles. The summed E-state index contributed by atoms with van der Waals surface area (Å²) in [6.45, 7) is 5.33. The van der Waals surface area contributed by atoms with E-state index >= 15 is 0 Å². The van der Waals surface area contributed by atoms with Crippen molar-refractivity contribution in [3.05, 3.63) is 0 Å². The number of methoxy groups -OCH3 is 1. The van der Waals surface area contributed by atoms with E-state index < -0.39 is 0 Å². The molecule has 1 aliphatic rings. The number of hydrogen-bond acceptors (Lipinski definition) is 2. The molecule has 13 heavy (non-hydrogen) atoms. The molecule has 0 aliphatic heterocycles. The van der Waals surface area contributed by atoms with Crippen LogP contribution in [0.5, 0.6) is 0 Å². The molecular formula is C11H23NO. The molecule has 0 amide bonds. The Bertz CT molecular complexity index is 123. The van der Waals surface area contributed by atoms with E-state index in [1.165, 1.54) is 32.2 Å². The van der Waals surface area contributed by atoms with Gasteiger partial charge in [-0.05, 0) is 18.4 Å². The molecule has 1 fully saturated rings. The molecule has 1 aliphatic carbocycles. The van der Waals surface area contributed by atoms with Crippen molar-refractivity contribution in [2.24, 2.45) is 11.8 Å². The van der Waals surface area contributed by atoms with E-state index in [-0.39, 0.29) is 0 Å². The van der Waals surface area contributed by atoms with Crippen LogP contribution in [0.25, 0.3) is 0 Å². The first-order valence-corrected chi connectivity index (χ1v) is 5.58. The van der Waals surface area contributed by atoms with Crippen molar-refractivity contribution >= 4 is 0 Å². The van der Waals surface area contributed by atoms with E-state index in [2.05, 4.69) is 12.2 Å². The molecule has 1 atom stereocenters. The third-order valence-electron chi connectivity index (χ3n) is 3.23. The van der Waals surface area contributed by atoms with Crippen LogP contribution in [-0.2, 0) is 4.74 Å². The van der Waals surface area contributed by atoms with Crippen LogP contribution in [0.4, 0.5) is 0 Å². The highest BCUT2D eigenvalue weighted by atomic mass is 16.5. The Kier molecular flexibility index (Phi) is 5.40. The van der Waals surface area contributed by atoms with Crippen LogP contribution < -0.4 is 5.32 Å². The lowest BCUT2D eigenvalue weighted by Crippen LogP contribution is -2.32. The molecule has 0 bridgehead atoms. The minimum absolute atomic E-state index is 0.834. The highest BCUT2D eigenvalue weighted by Gasteiger charge is 2.25. The summed E-state index contributed by atoms with van der Waals surface area (Å²) in [4.78, 5) is 0. The van der Waals surface area contributed by atoms with Crippen LogP contribution in [0.3, 0.4) is 0 Å². The minimum atomic E-state index is 0.834. The number of nitrogens with one attached hydrogen (secondary N) is 1. The van der Waals surface area contributed by atoms with Gasteiger partial charge in [-0.15, -0.1) is 0 Å². The number of hydrogen-bond donors (Lipinski definition) is 1. The first-order chi connectivity index (χ1) is 6.38. The smallest absolute Gasteiger partial charge is 0.0587 e. The summed E-state index contributed by atoms with van der Waals surface area (Å²) >= 11 is 0. The maximum Gasteiger partial charge on any atom is 0.0587 e. The fourth-order valence-electron chi connectivity index (χ4n) is 2.02. The van der Waals surface area contributed by atoms with Gasteiger partial charge in [0.1, 0.15) is 0 Å². The second kappa shape index (κ2) is 6.39. The van der Waals surface area contributed by atoms with E-state index in [0.717, 1.165) is 25.0 Å². The van der Waals surface area contributed by atoms with Gasteiger partial charge in [-0.2, -0.15) is 0 Å². The first kappa shape index (κ1) is 11.0. The predicted molar refractivity (Wildman–Crippen MR) is 55.9 cm³/mol. The van der Waals surface area contributed by atoms with Crippen LogP contribution in [0.1, 0.15) is 32.6 Å². The molecule has 1 unspecified atom stereocenters. The van der Waals surface area contributed by atoms with Crippen molar-refractivity contribution in [1.29, 1.82) is 0 Å². The molecule has 0 radical (unpaired) electrons. The minimum Gasteiger partial charge on any atom is -0.383 e. The highest BCUT2D eigenvalue weighted by molar-refractivity contribution is 4.78. The SMILES string of the molecule is CCC(CNCCOC)C1CCC1. The maximum atomic E-state index is 5.00. The Morgan fingerprint density at radius 3 is 2.69 bits per heavy atom. The zero-order valence-corrected chi connectivity index (χ0v) is 9.01. The maximum absolute atomic E-state index is 5.00. The second-order valence-corrected chi connectivity index (χ2v) is 4.06. The Morgan fingerprint density at radius 2 is 2.23 bits per heavy atom. The van der Waals surface area contributed by atoms with Crippen LogP contribution in [0.15, 0.2) is 0 Å². The van der Waals surface area contributed by atoms with E-state index in [9.17, 15) is 0 Å². The Morgan fingerprint density at radius 1 is 1.46 bits per heavy atom. The van der Waals surface area contributed by atoms with Gasteiger partial charge in [0.15, 0.2) is 0 Å². The summed E-state index contributed by atoms with van der Waals surface area (Å²) in [5, 5.41) is 3.46. The monoisotopic (exact) mass is 185 g/mol. The molecule has 1 rings (SSSR count). The zero-order chi connectivity index (χ0) is 9.52. The molecule has 1 N–H and O–H groups in total. The summed E-state index contributed by atoms with van der Waals surface area (Å²) < 4.78 is 5.00. The molecule has 78 valence electrons. The molecule has 0 aromatic rings. The van der Waals surface area contributed by atoms with Gasteiger partial charge in [-0.3, -0.25) is 0 Å². The Balaban J connectivity index is 2.02. The largest absolute Gasteiger partial charge is 0.383 e. The van der Waals surface area contributed by atoms with Gasteiger partial charge in [0.25, 0.3) is 0 Å². The van der Waals surface area contributed by atoms with Crippen LogP contribution in [0.2, 0.25) is 0 Å². The van der Waals surface area contributed by atoms with Gasteiger partial charge in [-0.1, -0.05) is 32.6 Å². The predicted octanol–water partition coefficient (Wildman–Crippen LogP) is 2.05. The zero-order valence-electron chi connectivity index (χ0n) is 9.01. The average molecular weight is 185 g/mol. The van der Waals surface area contributed by atoms with Crippen molar-refractivity contribution in [2.45, 2.75) is 32.6 Å². The first-order valence-electron chi connectivity index (χ1n) is 5.58. The van der Waals surface area contributed by atoms with Gasteiger partial charge in [0.2, 0.25) is 0 Å². The van der Waals surface area contributed by atoms with Crippen LogP contribution in [0, 0.1) is 11.8 Å². The molecule has 0 aromatic heterocycles. The van der Waals surface area contributed by atoms with Crippen molar-refractivity contribution in [3.63, 3.8) is 0 Å². The van der Waals surface area contributed by atoms with Gasteiger partial charge in [0, 0.05) is 13.7 Å². The summed E-state index contributed by atoms with van der Waals surface area (Å²) in [5.74, 6) is 1.92. The molecule has 2 nitrogen and oxygen atoms in total. The van der Waals surface area contributed by atoms with E-state index in [1.807, 2.05) is 0 Å². The standard InChI is InChI=1S/C11H23NO/c1-3-10(11-5-4-6-11)9-12-7-8-13-2/h10-12H,3-9H2,1-2H3. The van der Waals surface area contributed by atoms with E-state index in [0.29, 0.717) is 0 Å². The fraction of sp³-hybridized carbons (Fsp3) is 1.00. The summed E-state index contributed by atoms with van der Waals surface area (Å²) in [6.07, 6.45) is 5.71. The number of ether oxygens (including phenoxy) is 1. The lowest BCUT2D eigenvalue weighted by molar-refractivity contribution is 0.176. The van der Waals surface area contributed by atoms with Crippen molar-refractivity contribution in [2.75, 3.05) is 26.8 Å². The summed E-state index contributed by atoms with van der Waals surface area (Å²) in [5.41, 5.74) is 0. The second-order valence-electron chi connectivity index (χ2n) is 4.06. The lowest BCUT2D eigenvalue weighted by Gasteiger charge is -2.33. The van der Waals surface area contributed by atoms with Crippen molar-refractivity contribution in [1.82, 2.24) is 5.32 Å². The molecule has 2 heteroatoms. The van der Waals surface area contributed by atoms with Crippen molar-refractivity contribution in [3.8, 4) is 0 Å². The van der Waals surface area contributed by atoms with Crippen LogP contribution in [-0.4, -0.2) is 26.8 Å². The summed E-state index contributed by atoms with van der Waals surface area (Å²) in [6, 6.07) is 0. The molecule has 0 heterocycles. The molecule has 0 aromatic carbocycles. The Labute approximate surface area is 82.0 Å². The lowest BCUT2D eigenvalue weighted by atomic mass is 9.75. The van der Waals surface area contributed by atoms with Crippen LogP contribution >= 0.6 is 0 Å². The third kappa shape index (κ3) is 3.65. The van der Waals surface area contributed by atoms with Gasteiger partial charge < -0.3 is 10.1 Å². The third-order valence-corrected chi connectivity index (χ3v) is 3.23. The van der Waals surface area contributed by atoms with E-state index in [4.69, 9.17) is 4.74 Å².